The predicted molar refractivity (Wildman–Crippen MR) is 90.4 cm³/mol. The van der Waals surface area contributed by atoms with Gasteiger partial charge < -0.3 is 9.80 Å². The molecule has 0 unspecified atom stereocenters. The van der Waals surface area contributed by atoms with Crippen LogP contribution in [-0.4, -0.2) is 28.9 Å². The minimum absolute atomic E-state index is 0.0581. The smallest absolute Gasteiger partial charge is 0.320 e. The van der Waals surface area contributed by atoms with E-state index in [0.717, 1.165) is 11.1 Å². The fourth-order valence-electron chi connectivity index (χ4n) is 2.40. The normalized spacial score (nSPS) is 10.5. The van der Waals surface area contributed by atoms with Crippen molar-refractivity contribution >= 4 is 6.03 Å². The molecule has 116 valence electrons. The van der Waals surface area contributed by atoms with Gasteiger partial charge in [0.1, 0.15) is 0 Å². The van der Waals surface area contributed by atoms with Crippen LogP contribution in [0.2, 0.25) is 0 Å². The molecule has 0 aliphatic rings. The number of carbonyl (C=O) groups is 1. The molecular weight excluding hydrogens is 272 g/mol. The first-order valence-electron chi connectivity index (χ1n) is 7.67. The molecule has 0 radical (unpaired) electrons. The fourth-order valence-corrected chi connectivity index (χ4v) is 2.40. The molecule has 0 heterocycles. The average Bonchev–Trinajstić information content (AvgIpc) is 2.53. The number of amides is 2. The summed E-state index contributed by atoms with van der Waals surface area (Å²) < 4.78 is 0. The van der Waals surface area contributed by atoms with Crippen LogP contribution >= 0.6 is 0 Å². The first-order valence-corrected chi connectivity index (χ1v) is 7.67. The van der Waals surface area contributed by atoms with Crippen molar-refractivity contribution in [3.8, 4) is 0 Å². The molecule has 2 rings (SSSR count). The Balaban J connectivity index is 2.06. The Morgan fingerprint density at radius 2 is 1.32 bits per heavy atom. The van der Waals surface area contributed by atoms with Crippen LogP contribution < -0.4 is 0 Å². The molecule has 0 spiro atoms. The van der Waals surface area contributed by atoms with Crippen LogP contribution in [0.15, 0.2) is 60.7 Å². The van der Waals surface area contributed by atoms with Gasteiger partial charge in [0, 0.05) is 26.2 Å². The molecule has 0 aromatic heterocycles. The summed E-state index contributed by atoms with van der Waals surface area (Å²) in [6.45, 7) is 5.36. The molecule has 0 atom stereocenters. The van der Waals surface area contributed by atoms with Gasteiger partial charge >= 0.3 is 6.03 Å². The first kappa shape index (κ1) is 16.1. The lowest BCUT2D eigenvalue weighted by molar-refractivity contribution is 0.144. The Bertz CT molecular complexity index is 581. The van der Waals surface area contributed by atoms with Crippen LogP contribution in [0.5, 0.6) is 0 Å². The Labute approximate surface area is 133 Å². The quantitative estimate of drug-likeness (QED) is 0.813. The summed E-state index contributed by atoms with van der Waals surface area (Å²) in [4.78, 5) is 16.4. The molecule has 0 aliphatic carbocycles. The van der Waals surface area contributed by atoms with Gasteiger partial charge in [0.25, 0.3) is 0 Å². The summed E-state index contributed by atoms with van der Waals surface area (Å²) in [5.74, 6) is 0. The minimum Gasteiger partial charge on any atom is -0.323 e. The van der Waals surface area contributed by atoms with Crippen molar-refractivity contribution in [3.05, 3.63) is 71.8 Å². The monoisotopic (exact) mass is 296 g/mol. The van der Waals surface area contributed by atoms with Crippen molar-refractivity contribution < 1.29 is 4.79 Å². The summed E-state index contributed by atoms with van der Waals surface area (Å²) in [7, 11) is 1.86. The van der Waals surface area contributed by atoms with Gasteiger partial charge in [-0.25, -0.2) is 4.79 Å². The molecule has 0 saturated carbocycles. The van der Waals surface area contributed by atoms with Gasteiger partial charge in [0.2, 0.25) is 0 Å². The van der Waals surface area contributed by atoms with E-state index in [1.807, 2.05) is 60.5 Å². The third kappa shape index (κ3) is 4.35. The lowest BCUT2D eigenvalue weighted by atomic mass is 10.2. The van der Waals surface area contributed by atoms with Crippen LogP contribution in [0.25, 0.3) is 0 Å². The molecule has 0 N–H and O–H groups in total. The maximum atomic E-state index is 12.7. The van der Waals surface area contributed by atoms with E-state index in [4.69, 9.17) is 0 Å². The number of hydrogen-bond donors (Lipinski definition) is 0. The van der Waals surface area contributed by atoms with Gasteiger partial charge in [-0.2, -0.15) is 0 Å². The molecule has 0 saturated heterocycles. The predicted octanol–water partition coefficient (Wildman–Crippen LogP) is 4.15. The summed E-state index contributed by atoms with van der Waals surface area (Å²) in [6.07, 6.45) is 0. The molecule has 22 heavy (non-hydrogen) atoms. The molecule has 2 amide bonds. The average molecular weight is 296 g/mol. The molecule has 0 bridgehead atoms. The van der Waals surface area contributed by atoms with Gasteiger partial charge in [-0.15, -0.1) is 0 Å². The Morgan fingerprint density at radius 1 is 0.864 bits per heavy atom. The fraction of sp³-hybridized carbons (Fsp3) is 0.316. The molecule has 0 fully saturated rings. The lowest BCUT2D eigenvalue weighted by Gasteiger charge is -2.31. The maximum absolute atomic E-state index is 12.7. The first-order chi connectivity index (χ1) is 10.6. The number of urea groups is 1. The third-order valence-electron chi connectivity index (χ3n) is 3.65. The molecule has 2 aromatic rings. The van der Waals surface area contributed by atoms with E-state index in [9.17, 15) is 4.79 Å². The summed E-state index contributed by atoms with van der Waals surface area (Å²) in [6, 6.07) is 20.4. The van der Waals surface area contributed by atoms with E-state index in [1.165, 1.54) is 0 Å². The Kier molecular flexibility index (Phi) is 5.59. The van der Waals surface area contributed by atoms with Crippen molar-refractivity contribution in [1.82, 2.24) is 9.80 Å². The number of carbonyl (C=O) groups excluding carboxylic acids is 1. The third-order valence-corrected chi connectivity index (χ3v) is 3.65. The van der Waals surface area contributed by atoms with E-state index in [1.54, 1.807) is 4.90 Å². The zero-order valence-electron chi connectivity index (χ0n) is 13.6. The topological polar surface area (TPSA) is 23.6 Å². The number of rotatable bonds is 5. The van der Waals surface area contributed by atoms with Crippen molar-refractivity contribution in [2.45, 2.75) is 33.0 Å². The van der Waals surface area contributed by atoms with Crippen LogP contribution in [0.3, 0.4) is 0 Å². The van der Waals surface area contributed by atoms with Gasteiger partial charge in [-0.1, -0.05) is 60.7 Å². The van der Waals surface area contributed by atoms with Crippen LogP contribution in [0, 0.1) is 0 Å². The van der Waals surface area contributed by atoms with Crippen LogP contribution in [-0.2, 0) is 13.1 Å². The largest absolute Gasteiger partial charge is 0.323 e. The summed E-state index contributed by atoms with van der Waals surface area (Å²) in [5.41, 5.74) is 2.29. The zero-order chi connectivity index (χ0) is 15.9. The van der Waals surface area contributed by atoms with Gasteiger partial charge in [0.05, 0.1) is 0 Å². The van der Waals surface area contributed by atoms with Crippen LogP contribution in [0.1, 0.15) is 25.0 Å². The Morgan fingerprint density at radius 3 is 1.77 bits per heavy atom. The maximum Gasteiger partial charge on any atom is 0.320 e. The number of benzene rings is 2. The van der Waals surface area contributed by atoms with Crippen molar-refractivity contribution in [3.63, 3.8) is 0 Å². The minimum atomic E-state index is 0.0581. The van der Waals surface area contributed by atoms with Crippen molar-refractivity contribution in [2.24, 2.45) is 0 Å². The molecule has 0 aliphatic heterocycles. The standard InChI is InChI=1S/C19H24N2O/c1-16(2)21(15-18-12-8-5-9-13-18)19(22)20(3)14-17-10-6-4-7-11-17/h4-13,16H,14-15H2,1-3H3. The summed E-state index contributed by atoms with van der Waals surface area (Å²) in [5, 5.41) is 0. The van der Waals surface area contributed by atoms with E-state index in [2.05, 4.69) is 26.0 Å². The van der Waals surface area contributed by atoms with E-state index >= 15 is 0 Å². The molecule has 3 heteroatoms. The van der Waals surface area contributed by atoms with Crippen molar-refractivity contribution in [1.29, 1.82) is 0 Å². The van der Waals surface area contributed by atoms with Gasteiger partial charge in [-0.3, -0.25) is 0 Å². The highest BCUT2D eigenvalue weighted by Gasteiger charge is 2.21. The lowest BCUT2D eigenvalue weighted by Crippen LogP contribution is -2.44. The highest BCUT2D eigenvalue weighted by molar-refractivity contribution is 5.74. The molecule has 3 nitrogen and oxygen atoms in total. The van der Waals surface area contributed by atoms with E-state index in [-0.39, 0.29) is 12.1 Å². The number of hydrogen-bond acceptors (Lipinski definition) is 1. The second-order valence-corrected chi connectivity index (χ2v) is 5.83. The Hall–Kier alpha value is -2.29. The van der Waals surface area contributed by atoms with Gasteiger partial charge in [-0.05, 0) is 25.0 Å². The van der Waals surface area contributed by atoms with E-state index < -0.39 is 0 Å². The zero-order valence-corrected chi connectivity index (χ0v) is 13.6. The molecule has 2 aromatic carbocycles. The van der Waals surface area contributed by atoms with Crippen molar-refractivity contribution in [2.75, 3.05) is 7.05 Å². The highest BCUT2D eigenvalue weighted by atomic mass is 16.2. The van der Waals surface area contributed by atoms with E-state index in [0.29, 0.717) is 13.1 Å². The van der Waals surface area contributed by atoms with Gasteiger partial charge in [0.15, 0.2) is 0 Å². The second kappa shape index (κ2) is 7.64. The van der Waals surface area contributed by atoms with Crippen LogP contribution in [0.4, 0.5) is 4.79 Å². The highest BCUT2D eigenvalue weighted by Crippen LogP contribution is 2.12. The SMILES string of the molecule is CC(C)N(Cc1ccccc1)C(=O)N(C)Cc1ccccc1. The number of nitrogens with zero attached hydrogens (tertiary/aromatic N) is 2. The molecular formula is C19H24N2O. The second-order valence-electron chi connectivity index (χ2n) is 5.83. The summed E-state index contributed by atoms with van der Waals surface area (Å²) >= 11 is 0.